The van der Waals surface area contributed by atoms with Gasteiger partial charge in [-0.2, -0.15) is 0 Å². The fourth-order valence-corrected chi connectivity index (χ4v) is 1.55. The third kappa shape index (κ3) is 3.85. The van der Waals surface area contributed by atoms with Crippen molar-refractivity contribution in [2.75, 3.05) is 13.6 Å². The number of carboxylic acid groups (broad SMARTS) is 1. The summed E-state index contributed by atoms with van der Waals surface area (Å²) in [5, 5.41) is 8.55. The van der Waals surface area contributed by atoms with Gasteiger partial charge in [0.15, 0.2) is 0 Å². The van der Waals surface area contributed by atoms with E-state index in [1.165, 1.54) is 0 Å². The fourth-order valence-electron chi connectivity index (χ4n) is 1.14. The van der Waals surface area contributed by atoms with Gasteiger partial charge in [-0.25, -0.2) is 4.98 Å². The second-order valence-electron chi connectivity index (χ2n) is 3.05. The van der Waals surface area contributed by atoms with Crippen LogP contribution in [0.25, 0.3) is 0 Å². The van der Waals surface area contributed by atoms with E-state index in [1.54, 1.807) is 18.1 Å². The van der Waals surface area contributed by atoms with E-state index in [0.29, 0.717) is 6.54 Å². The molecule has 0 bridgehead atoms. The highest BCUT2D eigenvalue weighted by Gasteiger charge is 2.04. The molecule has 1 aromatic rings. The second-order valence-corrected chi connectivity index (χ2v) is 3.87. The van der Waals surface area contributed by atoms with E-state index in [-0.39, 0.29) is 6.54 Å². The Bertz CT molecular complexity index is 330. The zero-order valence-electron chi connectivity index (χ0n) is 7.77. The number of pyridine rings is 1. The number of likely N-dealkylation sites (N-methyl/N-ethyl adjacent to an activating group) is 1. The number of aliphatic carboxylic acids is 1. The molecule has 0 atom stereocenters. The topological polar surface area (TPSA) is 53.4 Å². The molecule has 76 valence electrons. The number of carbonyl (C=O) groups is 1. The van der Waals surface area contributed by atoms with Gasteiger partial charge >= 0.3 is 5.97 Å². The third-order valence-corrected chi connectivity index (χ3v) is 2.08. The van der Waals surface area contributed by atoms with Crippen LogP contribution in [0.15, 0.2) is 22.9 Å². The van der Waals surface area contributed by atoms with Gasteiger partial charge in [-0.1, -0.05) is 0 Å². The highest BCUT2D eigenvalue weighted by molar-refractivity contribution is 9.10. The maximum atomic E-state index is 10.4. The normalized spacial score (nSPS) is 10.5. The van der Waals surface area contributed by atoms with Gasteiger partial charge in [-0.3, -0.25) is 9.69 Å². The fraction of sp³-hybridized carbons (Fsp3) is 0.333. The zero-order chi connectivity index (χ0) is 10.6. The first-order chi connectivity index (χ1) is 6.58. The van der Waals surface area contributed by atoms with Crippen molar-refractivity contribution in [1.29, 1.82) is 0 Å². The average Bonchev–Trinajstić information content (AvgIpc) is 2.01. The Balaban J connectivity index is 2.55. The van der Waals surface area contributed by atoms with E-state index < -0.39 is 5.97 Å². The molecule has 0 aliphatic heterocycles. The van der Waals surface area contributed by atoms with E-state index in [4.69, 9.17) is 5.11 Å². The van der Waals surface area contributed by atoms with E-state index in [0.717, 1.165) is 10.2 Å². The van der Waals surface area contributed by atoms with Crippen LogP contribution in [0.1, 0.15) is 5.56 Å². The lowest BCUT2D eigenvalue weighted by molar-refractivity contribution is -0.138. The molecule has 1 heterocycles. The average molecular weight is 259 g/mol. The maximum absolute atomic E-state index is 10.4. The van der Waals surface area contributed by atoms with Crippen LogP contribution in [0, 0.1) is 0 Å². The zero-order valence-corrected chi connectivity index (χ0v) is 9.36. The number of halogens is 1. The first-order valence-electron chi connectivity index (χ1n) is 4.08. The van der Waals surface area contributed by atoms with Crippen LogP contribution in [0.4, 0.5) is 0 Å². The van der Waals surface area contributed by atoms with E-state index in [9.17, 15) is 4.79 Å². The minimum absolute atomic E-state index is 0.0416. The van der Waals surface area contributed by atoms with Crippen molar-refractivity contribution in [3.05, 3.63) is 28.5 Å². The number of carboxylic acids is 1. The molecule has 0 fully saturated rings. The van der Waals surface area contributed by atoms with Crippen LogP contribution in [-0.4, -0.2) is 34.6 Å². The van der Waals surface area contributed by atoms with Crippen LogP contribution < -0.4 is 0 Å². The maximum Gasteiger partial charge on any atom is 0.317 e. The quantitative estimate of drug-likeness (QED) is 0.829. The number of hydrogen-bond donors (Lipinski definition) is 1. The Kier molecular flexibility index (Phi) is 4.03. The lowest BCUT2D eigenvalue weighted by Gasteiger charge is -2.13. The van der Waals surface area contributed by atoms with Gasteiger partial charge in [-0.05, 0) is 40.7 Å². The summed E-state index contributed by atoms with van der Waals surface area (Å²) in [6.07, 6.45) is 1.69. The van der Waals surface area contributed by atoms with Crippen molar-refractivity contribution in [2.24, 2.45) is 0 Å². The van der Waals surface area contributed by atoms with Crippen molar-refractivity contribution in [3.8, 4) is 0 Å². The van der Waals surface area contributed by atoms with E-state index in [1.807, 2.05) is 12.1 Å². The van der Waals surface area contributed by atoms with E-state index >= 15 is 0 Å². The predicted octanol–water partition coefficient (Wildman–Crippen LogP) is 1.36. The van der Waals surface area contributed by atoms with Gasteiger partial charge in [0.1, 0.15) is 4.60 Å². The minimum Gasteiger partial charge on any atom is -0.480 e. The smallest absolute Gasteiger partial charge is 0.317 e. The lowest BCUT2D eigenvalue weighted by atomic mass is 10.2. The minimum atomic E-state index is -0.819. The Labute approximate surface area is 90.7 Å². The molecule has 1 N–H and O–H groups in total. The summed E-state index contributed by atoms with van der Waals surface area (Å²) in [5.74, 6) is -0.819. The molecule has 0 saturated heterocycles. The molecular weight excluding hydrogens is 248 g/mol. The van der Waals surface area contributed by atoms with Crippen LogP contribution in [0.2, 0.25) is 0 Å². The molecule has 4 nitrogen and oxygen atoms in total. The summed E-state index contributed by atoms with van der Waals surface area (Å²) in [4.78, 5) is 16.1. The van der Waals surface area contributed by atoms with Gasteiger partial charge in [-0.15, -0.1) is 0 Å². The summed E-state index contributed by atoms with van der Waals surface area (Å²) < 4.78 is 0.763. The summed E-state index contributed by atoms with van der Waals surface area (Å²) in [7, 11) is 1.77. The first-order valence-corrected chi connectivity index (χ1v) is 4.88. The Morgan fingerprint density at radius 2 is 2.43 bits per heavy atom. The van der Waals surface area contributed by atoms with Crippen molar-refractivity contribution in [1.82, 2.24) is 9.88 Å². The Hall–Kier alpha value is -0.940. The Morgan fingerprint density at radius 3 is 3.00 bits per heavy atom. The molecule has 0 aromatic carbocycles. The SMILES string of the molecule is CN(CC(=O)O)Cc1ccnc(Br)c1. The van der Waals surface area contributed by atoms with Gasteiger partial charge < -0.3 is 5.11 Å². The molecule has 5 heteroatoms. The van der Waals surface area contributed by atoms with Gasteiger partial charge in [0, 0.05) is 12.7 Å². The summed E-state index contributed by atoms with van der Waals surface area (Å²) in [6, 6.07) is 3.74. The van der Waals surface area contributed by atoms with Crippen LogP contribution in [0.3, 0.4) is 0 Å². The van der Waals surface area contributed by atoms with Crippen molar-refractivity contribution in [3.63, 3.8) is 0 Å². The molecule has 0 unspecified atom stereocenters. The molecule has 1 aromatic heterocycles. The largest absolute Gasteiger partial charge is 0.480 e. The second kappa shape index (κ2) is 5.07. The monoisotopic (exact) mass is 258 g/mol. The number of rotatable bonds is 4. The molecule has 0 saturated carbocycles. The van der Waals surface area contributed by atoms with Crippen LogP contribution >= 0.6 is 15.9 Å². The van der Waals surface area contributed by atoms with Gasteiger partial charge in [0.25, 0.3) is 0 Å². The molecule has 1 rings (SSSR count). The predicted molar refractivity (Wildman–Crippen MR) is 55.9 cm³/mol. The summed E-state index contributed by atoms with van der Waals surface area (Å²) in [6.45, 7) is 0.646. The van der Waals surface area contributed by atoms with Crippen LogP contribution in [-0.2, 0) is 11.3 Å². The number of hydrogen-bond acceptors (Lipinski definition) is 3. The highest BCUT2D eigenvalue weighted by atomic mass is 79.9. The van der Waals surface area contributed by atoms with E-state index in [2.05, 4.69) is 20.9 Å². The lowest BCUT2D eigenvalue weighted by Crippen LogP contribution is -2.25. The number of nitrogens with zero attached hydrogens (tertiary/aromatic N) is 2. The highest BCUT2D eigenvalue weighted by Crippen LogP contribution is 2.09. The van der Waals surface area contributed by atoms with Crippen molar-refractivity contribution < 1.29 is 9.90 Å². The van der Waals surface area contributed by atoms with Crippen molar-refractivity contribution in [2.45, 2.75) is 6.54 Å². The summed E-state index contributed by atoms with van der Waals surface area (Å²) in [5.41, 5.74) is 1.04. The standard InChI is InChI=1S/C9H11BrN2O2/c1-12(6-9(13)14)5-7-2-3-11-8(10)4-7/h2-4H,5-6H2,1H3,(H,13,14). The van der Waals surface area contributed by atoms with Crippen LogP contribution in [0.5, 0.6) is 0 Å². The summed E-state index contributed by atoms with van der Waals surface area (Å²) >= 11 is 3.26. The van der Waals surface area contributed by atoms with Gasteiger partial charge in [0.05, 0.1) is 6.54 Å². The van der Waals surface area contributed by atoms with Crippen molar-refractivity contribution >= 4 is 21.9 Å². The molecule has 0 aliphatic rings. The first kappa shape index (κ1) is 11.1. The third-order valence-electron chi connectivity index (χ3n) is 1.65. The van der Waals surface area contributed by atoms with Gasteiger partial charge in [0.2, 0.25) is 0 Å². The number of aromatic nitrogens is 1. The molecular formula is C9H11BrN2O2. The molecule has 0 spiro atoms. The Morgan fingerprint density at radius 1 is 1.71 bits per heavy atom. The molecule has 0 amide bonds. The molecule has 0 aliphatic carbocycles. The molecule has 14 heavy (non-hydrogen) atoms. The molecule has 0 radical (unpaired) electrons.